The first-order valence-electron chi connectivity index (χ1n) is 11.2. The quantitative estimate of drug-likeness (QED) is 0.103. The van der Waals surface area contributed by atoms with Crippen molar-refractivity contribution in [2.24, 2.45) is 5.73 Å². The molecule has 0 radical (unpaired) electrons. The molecule has 39 heavy (non-hydrogen) atoms. The van der Waals surface area contributed by atoms with Gasteiger partial charge in [0.2, 0.25) is 17.8 Å². The van der Waals surface area contributed by atoms with Gasteiger partial charge in [-0.2, -0.15) is 4.98 Å². The highest BCUT2D eigenvalue weighted by Crippen LogP contribution is 2.07. The molecule has 0 spiro atoms. The summed E-state index contributed by atoms with van der Waals surface area (Å²) in [5.74, 6) is -3.92. The number of H-pyrrole nitrogens is 1. The van der Waals surface area contributed by atoms with Crippen LogP contribution >= 0.6 is 11.8 Å². The molecule has 2 rings (SSSR count). The lowest BCUT2D eigenvalue weighted by Crippen LogP contribution is -2.49. The number of aliphatic hydroxyl groups is 1. The number of hydrogen-bond donors (Lipinski definition) is 8. The lowest BCUT2D eigenvalue weighted by atomic mass is 10.1. The third kappa shape index (κ3) is 12.3. The second-order valence-electron chi connectivity index (χ2n) is 7.62. The molecular weight excluding hydrogens is 544 g/mol. The maximum atomic E-state index is 11.8. The highest BCUT2D eigenvalue weighted by Gasteiger charge is 2.23. The Morgan fingerprint density at radius 2 is 1.95 bits per heavy atom. The highest BCUT2D eigenvalue weighted by atomic mass is 32.2. The van der Waals surface area contributed by atoms with E-state index in [0.717, 1.165) is 11.8 Å². The summed E-state index contributed by atoms with van der Waals surface area (Å²) in [5.41, 5.74) is 10.9. The number of amides is 2. The number of imidazole rings is 1. The van der Waals surface area contributed by atoms with Crippen LogP contribution in [0.25, 0.3) is 11.2 Å². The number of carboxylic acid groups (broad SMARTS) is 2. The number of nitrogens with zero attached hydrogens (tertiary/aromatic N) is 3. The van der Waals surface area contributed by atoms with Gasteiger partial charge >= 0.3 is 11.9 Å². The fraction of sp³-hybridized carbons (Fsp3) is 0.500. The molecule has 0 saturated heterocycles. The van der Waals surface area contributed by atoms with Gasteiger partial charge in [0, 0.05) is 19.1 Å². The normalized spacial score (nSPS) is 12.1. The molecule has 0 aliphatic rings. The zero-order chi connectivity index (χ0) is 29.5. The number of nitrogens with one attached hydrogen (secondary N) is 3. The van der Waals surface area contributed by atoms with E-state index < -0.39 is 42.4 Å². The summed E-state index contributed by atoms with van der Waals surface area (Å²) in [6.07, 6.45) is 1.09. The number of aromatic nitrogens is 4. The first-order valence-corrected chi connectivity index (χ1v) is 12.1. The van der Waals surface area contributed by atoms with E-state index in [2.05, 4.69) is 25.6 Å². The third-order valence-electron chi connectivity index (χ3n) is 4.48. The number of aromatic amines is 1. The molecule has 2 amide bonds. The largest absolute Gasteiger partial charge is 0.480 e. The molecule has 18 nitrogen and oxygen atoms in total. The number of carboxylic acids is 2. The lowest BCUT2D eigenvalue weighted by molar-refractivity contribution is -0.139. The number of carbonyl (C=O) groups excluding carboxylic acids is 3. The van der Waals surface area contributed by atoms with Gasteiger partial charge in [0.05, 0.1) is 19.5 Å². The van der Waals surface area contributed by atoms with Crippen molar-refractivity contribution in [2.75, 3.05) is 31.2 Å². The molecular formula is C20H30N8O10S. The van der Waals surface area contributed by atoms with Gasteiger partial charge in [-0.15, -0.1) is 0 Å². The predicted octanol–water partition coefficient (Wildman–Crippen LogP) is -3.19. The number of fused-ring (bicyclic) bond motifs is 1. The number of carbonyl (C=O) groups is 5. The van der Waals surface area contributed by atoms with Crippen LogP contribution < -0.4 is 27.7 Å². The number of aliphatic carboxylic acids is 2. The SMILES string of the molecule is CC(=O)SC[C@H](NC(=O)CC[C@H](N)C(=O)O)C(=O)NCC(=O)O.Nc1nc2c(ncn2COCCO)c(=O)[nH]1. The van der Waals surface area contributed by atoms with Crippen molar-refractivity contribution in [1.82, 2.24) is 30.2 Å². The van der Waals surface area contributed by atoms with Crippen LogP contribution in [-0.4, -0.2) is 101 Å². The van der Waals surface area contributed by atoms with Crippen LogP contribution in [-0.2, 0) is 35.4 Å². The average molecular weight is 575 g/mol. The number of nitrogens with two attached hydrogens (primary N) is 2. The zero-order valence-corrected chi connectivity index (χ0v) is 21.6. The van der Waals surface area contributed by atoms with Crippen LogP contribution in [0.1, 0.15) is 19.8 Å². The minimum atomic E-state index is -1.25. The standard InChI is InChI=1S/C12H19N3O7S.C8H11N5O3/c1-6(16)23-5-8(11(20)14-4-10(18)19)15-9(17)3-2-7(13)12(21)22;9-8-11-6-5(7(15)12-8)10-3-13(6)4-16-2-1-14/h7-8H,2-5,13H2,1H3,(H,14,20)(H,15,17)(H,18,19)(H,21,22);3,14H,1-2,4H2,(H3,9,11,12,15)/t7-,8-;/m0./s1. The molecule has 2 aromatic rings. The van der Waals surface area contributed by atoms with Gasteiger partial charge in [-0.1, -0.05) is 11.8 Å². The molecule has 0 aliphatic carbocycles. The van der Waals surface area contributed by atoms with Gasteiger partial charge in [-0.3, -0.25) is 38.3 Å². The number of ether oxygens (including phenoxy) is 1. The van der Waals surface area contributed by atoms with Gasteiger partial charge in [0.25, 0.3) is 5.56 Å². The molecule has 216 valence electrons. The van der Waals surface area contributed by atoms with Crippen LogP contribution in [0.4, 0.5) is 5.95 Å². The van der Waals surface area contributed by atoms with Gasteiger partial charge in [-0.05, 0) is 6.42 Å². The Bertz CT molecular complexity index is 1220. The maximum Gasteiger partial charge on any atom is 0.322 e. The molecule has 0 fully saturated rings. The Morgan fingerprint density at radius 1 is 1.26 bits per heavy atom. The Kier molecular flexibility index (Phi) is 14.1. The van der Waals surface area contributed by atoms with Crippen LogP contribution in [0.15, 0.2) is 11.1 Å². The van der Waals surface area contributed by atoms with Gasteiger partial charge in [0.15, 0.2) is 16.3 Å². The number of rotatable bonds is 14. The topological polar surface area (TPSA) is 295 Å². The predicted molar refractivity (Wildman–Crippen MR) is 136 cm³/mol. The molecule has 0 bridgehead atoms. The van der Waals surface area contributed by atoms with Crippen molar-refractivity contribution in [3.63, 3.8) is 0 Å². The fourth-order valence-electron chi connectivity index (χ4n) is 2.64. The van der Waals surface area contributed by atoms with Crippen molar-refractivity contribution in [3.05, 3.63) is 16.7 Å². The van der Waals surface area contributed by atoms with Crippen molar-refractivity contribution in [3.8, 4) is 0 Å². The number of hydrogen-bond acceptors (Lipinski definition) is 13. The molecule has 0 unspecified atom stereocenters. The van der Waals surface area contributed by atoms with Crippen molar-refractivity contribution >= 4 is 57.7 Å². The van der Waals surface area contributed by atoms with E-state index in [1.165, 1.54) is 17.8 Å². The van der Waals surface area contributed by atoms with E-state index in [4.69, 9.17) is 31.5 Å². The summed E-state index contributed by atoms with van der Waals surface area (Å²) in [6.45, 7) is 0.957. The monoisotopic (exact) mass is 574 g/mol. The minimum absolute atomic E-state index is 0.0291. The minimum Gasteiger partial charge on any atom is -0.480 e. The smallest absolute Gasteiger partial charge is 0.322 e. The molecule has 0 saturated carbocycles. The average Bonchev–Trinajstić information content (AvgIpc) is 3.26. The Morgan fingerprint density at radius 3 is 2.54 bits per heavy atom. The second kappa shape index (κ2) is 16.7. The van der Waals surface area contributed by atoms with E-state index in [9.17, 15) is 28.8 Å². The molecule has 2 heterocycles. The first-order chi connectivity index (χ1) is 18.3. The number of anilines is 1. The van der Waals surface area contributed by atoms with E-state index in [1.54, 1.807) is 0 Å². The number of nitrogen functional groups attached to an aromatic ring is 1. The van der Waals surface area contributed by atoms with Crippen LogP contribution in [0.5, 0.6) is 0 Å². The van der Waals surface area contributed by atoms with Gasteiger partial charge < -0.3 is 42.2 Å². The van der Waals surface area contributed by atoms with Crippen molar-refractivity contribution in [2.45, 2.75) is 38.6 Å². The molecule has 2 atom stereocenters. The number of aliphatic hydroxyl groups excluding tert-OH is 1. The summed E-state index contributed by atoms with van der Waals surface area (Å²) < 4.78 is 6.63. The molecule has 0 aromatic carbocycles. The molecule has 19 heteroatoms. The van der Waals surface area contributed by atoms with Gasteiger partial charge in [0.1, 0.15) is 25.4 Å². The Labute approximate surface area is 224 Å². The number of thioether (sulfide) groups is 1. The Balaban J connectivity index is 0.000000412. The summed E-state index contributed by atoms with van der Waals surface area (Å²) in [6, 6.07) is -2.32. The van der Waals surface area contributed by atoms with E-state index >= 15 is 0 Å². The van der Waals surface area contributed by atoms with Crippen LogP contribution in [0.3, 0.4) is 0 Å². The van der Waals surface area contributed by atoms with E-state index in [1.807, 2.05) is 0 Å². The molecule has 0 aliphatic heterocycles. The third-order valence-corrected chi connectivity index (χ3v) is 5.38. The van der Waals surface area contributed by atoms with E-state index in [0.29, 0.717) is 5.65 Å². The van der Waals surface area contributed by atoms with Gasteiger partial charge in [-0.25, -0.2) is 4.98 Å². The zero-order valence-electron chi connectivity index (χ0n) is 20.8. The molecule has 10 N–H and O–H groups in total. The van der Waals surface area contributed by atoms with E-state index in [-0.39, 0.29) is 60.7 Å². The summed E-state index contributed by atoms with van der Waals surface area (Å²) >= 11 is 0.793. The fourth-order valence-corrected chi connectivity index (χ4v) is 3.27. The summed E-state index contributed by atoms with van der Waals surface area (Å²) in [4.78, 5) is 77.1. The summed E-state index contributed by atoms with van der Waals surface area (Å²) in [5, 5.41) is 29.8. The second-order valence-corrected chi connectivity index (χ2v) is 8.81. The van der Waals surface area contributed by atoms with Crippen LogP contribution in [0, 0.1) is 0 Å². The Hall–Kier alpha value is -4.07. The van der Waals surface area contributed by atoms with Crippen molar-refractivity contribution in [1.29, 1.82) is 0 Å². The van der Waals surface area contributed by atoms with Crippen molar-refractivity contribution < 1.29 is 44.0 Å². The maximum absolute atomic E-state index is 11.8. The molecule has 2 aromatic heterocycles. The lowest BCUT2D eigenvalue weighted by Gasteiger charge is -2.17. The summed E-state index contributed by atoms with van der Waals surface area (Å²) in [7, 11) is 0. The van der Waals surface area contributed by atoms with Crippen LogP contribution in [0.2, 0.25) is 0 Å². The highest BCUT2D eigenvalue weighted by molar-refractivity contribution is 8.13. The first kappa shape index (κ1) is 33.0.